The summed E-state index contributed by atoms with van der Waals surface area (Å²) >= 11 is 0. The van der Waals surface area contributed by atoms with Gasteiger partial charge in [-0.3, -0.25) is 0 Å². The van der Waals surface area contributed by atoms with Gasteiger partial charge in [0, 0.05) is 26.8 Å². The molecule has 0 unspecified atom stereocenters. The van der Waals surface area contributed by atoms with Crippen LogP contribution in [0.4, 0.5) is 0 Å². The Morgan fingerprint density at radius 2 is 1.55 bits per heavy atom. The van der Waals surface area contributed by atoms with E-state index in [4.69, 9.17) is 18.6 Å². The van der Waals surface area contributed by atoms with Gasteiger partial charge in [0.15, 0.2) is 0 Å². The highest BCUT2D eigenvalue weighted by atomic mass is 35.7. The van der Waals surface area contributed by atoms with E-state index in [1.54, 1.807) is 5.56 Å². The van der Waals surface area contributed by atoms with E-state index in [0.29, 0.717) is 0 Å². The Labute approximate surface area is 178 Å². The molecule has 29 heavy (non-hydrogen) atoms. The smallest absolute Gasteiger partial charge is 0.0777 e. The van der Waals surface area contributed by atoms with Gasteiger partial charge in [0.2, 0.25) is 0 Å². The minimum atomic E-state index is -4.69. The summed E-state index contributed by atoms with van der Waals surface area (Å²) in [5.74, 6) is 1.77. The van der Waals surface area contributed by atoms with E-state index in [-0.39, 0.29) is 0 Å². The van der Waals surface area contributed by atoms with Crippen LogP contribution < -0.4 is 14.0 Å². The van der Waals surface area contributed by atoms with E-state index < -0.39 is 10.2 Å². The molecular weight excluding hydrogens is 392 g/mol. The van der Waals surface area contributed by atoms with Crippen molar-refractivity contribution in [3.63, 3.8) is 0 Å². The van der Waals surface area contributed by atoms with Gasteiger partial charge in [0.25, 0.3) is 0 Å². The minimum absolute atomic E-state index is 0.780. The summed E-state index contributed by atoms with van der Waals surface area (Å²) in [5, 5.41) is 0. The van der Waals surface area contributed by atoms with Crippen molar-refractivity contribution >= 4 is 5.57 Å². The lowest BCUT2D eigenvalue weighted by Crippen LogP contribution is -2.58. The molecule has 1 saturated carbocycles. The molecule has 0 radical (unpaired) electrons. The summed E-state index contributed by atoms with van der Waals surface area (Å²) in [5.41, 5.74) is 4.27. The number of benzene rings is 1. The van der Waals surface area contributed by atoms with Crippen molar-refractivity contribution < 1.29 is 28.9 Å². The minimum Gasteiger partial charge on any atom is -0.383 e. The van der Waals surface area contributed by atoms with Crippen LogP contribution in [0.15, 0.2) is 30.5 Å². The van der Waals surface area contributed by atoms with Crippen molar-refractivity contribution in [2.45, 2.75) is 51.4 Å². The molecule has 1 aromatic carbocycles. The van der Waals surface area contributed by atoms with E-state index in [1.165, 1.54) is 49.7 Å². The van der Waals surface area contributed by atoms with Crippen LogP contribution in [0.5, 0.6) is 0 Å². The zero-order valence-electron chi connectivity index (χ0n) is 18.4. The summed E-state index contributed by atoms with van der Waals surface area (Å²) in [6, 6.07) is 9.40. The van der Waals surface area contributed by atoms with Gasteiger partial charge in [-0.05, 0) is 68.3 Å². The Kier molecular flexibility index (Phi) is 11.2. The highest BCUT2D eigenvalue weighted by Gasteiger charge is 2.21. The maximum absolute atomic E-state index is 8.60. The summed E-state index contributed by atoms with van der Waals surface area (Å²) in [6.07, 6.45) is 10.6. The Morgan fingerprint density at radius 1 is 1.03 bits per heavy atom. The Morgan fingerprint density at radius 3 is 1.97 bits per heavy atom. The topological polar surface area (TPSA) is 95.9 Å². The lowest BCUT2D eigenvalue weighted by molar-refractivity contribution is -1.92. The van der Waals surface area contributed by atoms with Crippen LogP contribution in [-0.2, 0) is 0 Å². The molecule has 7 heteroatoms. The molecule has 1 aromatic rings. The van der Waals surface area contributed by atoms with Crippen LogP contribution in [-0.4, -0.2) is 49.2 Å². The predicted octanol–water partition coefficient (Wildman–Crippen LogP) is 1.10. The van der Waals surface area contributed by atoms with Gasteiger partial charge in [0.05, 0.1) is 14.9 Å². The normalized spacial score (nSPS) is 20.3. The van der Waals surface area contributed by atoms with Gasteiger partial charge in [-0.25, -0.2) is 0 Å². The zero-order chi connectivity index (χ0) is 22.0. The van der Waals surface area contributed by atoms with Crippen LogP contribution >= 0.6 is 0 Å². The summed E-state index contributed by atoms with van der Waals surface area (Å²) in [4.78, 5) is 4.38. The number of likely N-dealkylation sites (N-methyl/N-ethyl adjacent to an activating group) is 1. The molecule has 0 amide bonds. The first-order valence-corrected chi connectivity index (χ1v) is 11.5. The van der Waals surface area contributed by atoms with Crippen molar-refractivity contribution in [2.24, 2.45) is 5.92 Å². The first kappa shape index (κ1) is 25.9. The van der Waals surface area contributed by atoms with Gasteiger partial charge in [-0.15, -0.1) is 0 Å². The van der Waals surface area contributed by atoms with Gasteiger partial charge < -0.3 is 9.80 Å². The fourth-order valence-electron chi connectivity index (χ4n) is 4.02. The molecule has 1 aliphatic carbocycles. The molecular formula is C22H37ClN2O4. The van der Waals surface area contributed by atoms with Crippen molar-refractivity contribution in [2.75, 3.05) is 34.7 Å². The summed E-state index contributed by atoms with van der Waals surface area (Å²) in [7, 11) is 3.76. The summed E-state index contributed by atoms with van der Waals surface area (Å²) < 4.78 is 32.7. The second-order valence-electron chi connectivity index (χ2n) is 8.38. The molecule has 0 spiro atoms. The van der Waals surface area contributed by atoms with Crippen LogP contribution in [0, 0.1) is 16.2 Å². The van der Waals surface area contributed by atoms with E-state index in [1.807, 2.05) is 0 Å². The third kappa shape index (κ3) is 11.6. The monoisotopic (exact) mass is 428 g/mol. The van der Waals surface area contributed by atoms with E-state index in [0.717, 1.165) is 18.4 Å². The molecule has 0 atom stereocenters. The molecule has 0 saturated heterocycles. The second kappa shape index (κ2) is 12.5. The zero-order valence-corrected chi connectivity index (χ0v) is 19.2. The summed E-state index contributed by atoms with van der Waals surface area (Å²) in [6.45, 7) is 3.29. The van der Waals surface area contributed by atoms with Crippen molar-refractivity contribution in [3.8, 4) is 0 Å². The fraction of sp³-hybridized carbons (Fsp3) is 0.636. The van der Waals surface area contributed by atoms with Crippen LogP contribution in [0.1, 0.15) is 62.5 Å². The molecule has 0 heterocycles. The molecule has 6 nitrogen and oxygen atoms in total. The standard InChI is InChI=1S/C22H36N2.ClHO4/c1-6-7-18-8-10-19(11-9-18)20-12-14-21(15-13-20)22(16-23(2)3)17-24(4)5;2-1(3,4)5/h12-16,18-19H,6-11,17H2,1-5H3;(H,2,3,4,5)/t18-,19-;. The van der Waals surface area contributed by atoms with Crippen molar-refractivity contribution in [1.82, 2.24) is 9.80 Å². The Bertz CT molecular complexity index is 598. The molecule has 1 N–H and O–H groups in total. The molecule has 1 fully saturated rings. The largest absolute Gasteiger partial charge is 0.383 e. The Hall–Kier alpha value is -1.15. The molecule has 166 valence electrons. The van der Waals surface area contributed by atoms with Crippen LogP contribution in [0.3, 0.4) is 0 Å². The van der Waals surface area contributed by atoms with E-state index in [2.05, 4.69) is 75.4 Å². The molecule has 0 aromatic heterocycles. The van der Waals surface area contributed by atoms with Crippen LogP contribution in [0.25, 0.3) is 5.57 Å². The highest BCUT2D eigenvalue weighted by molar-refractivity contribution is 5.66. The molecule has 0 aliphatic heterocycles. The number of halogens is 1. The quantitative estimate of drug-likeness (QED) is 0.698. The molecule has 1 aliphatic rings. The average molecular weight is 429 g/mol. The molecule has 0 bridgehead atoms. The fourth-order valence-corrected chi connectivity index (χ4v) is 4.02. The van der Waals surface area contributed by atoms with Crippen molar-refractivity contribution in [3.05, 3.63) is 41.6 Å². The Balaban J connectivity index is 0.000000749. The van der Waals surface area contributed by atoms with Crippen molar-refractivity contribution in [1.29, 1.82) is 0 Å². The van der Waals surface area contributed by atoms with Gasteiger partial charge >= 0.3 is 0 Å². The third-order valence-corrected chi connectivity index (χ3v) is 5.20. The number of hydrogen-bond donors (Lipinski definition) is 1. The van der Waals surface area contributed by atoms with Gasteiger partial charge in [-0.2, -0.15) is 14.0 Å². The molecule has 2 rings (SSSR count). The van der Waals surface area contributed by atoms with E-state index in [9.17, 15) is 0 Å². The SMILES string of the molecule is CCC[C@H]1CC[C@H](c2ccc(C(=CN(C)C)CN(C)C)cc2)CC1.[O-][Cl+3]([O-])([O-])O. The lowest BCUT2D eigenvalue weighted by atomic mass is 9.77. The first-order chi connectivity index (χ1) is 13.5. The third-order valence-electron chi connectivity index (χ3n) is 5.20. The second-order valence-corrected chi connectivity index (χ2v) is 9.17. The van der Waals surface area contributed by atoms with E-state index >= 15 is 0 Å². The maximum Gasteiger partial charge on any atom is 0.0777 e. The van der Waals surface area contributed by atoms with Crippen LogP contribution in [0.2, 0.25) is 0 Å². The maximum atomic E-state index is 8.60. The number of hydrogen-bond acceptors (Lipinski definition) is 6. The van der Waals surface area contributed by atoms with Gasteiger partial charge in [-0.1, -0.05) is 44.0 Å². The number of nitrogens with zero attached hydrogens (tertiary/aromatic N) is 2. The van der Waals surface area contributed by atoms with Gasteiger partial charge in [0.1, 0.15) is 0 Å². The lowest BCUT2D eigenvalue weighted by Gasteiger charge is -2.28. The number of rotatable bonds is 7. The predicted molar refractivity (Wildman–Crippen MR) is 108 cm³/mol. The average Bonchev–Trinajstić information content (AvgIpc) is 2.60. The highest BCUT2D eigenvalue weighted by Crippen LogP contribution is 2.37. The first-order valence-electron chi connectivity index (χ1n) is 10.2.